The van der Waals surface area contributed by atoms with Gasteiger partial charge in [-0.25, -0.2) is 8.42 Å². The first kappa shape index (κ1) is 21.0. The highest BCUT2D eigenvalue weighted by atomic mass is 35.5. The summed E-state index contributed by atoms with van der Waals surface area (Å²) in [7, 11) is -3.95. The van der Waals surface area contributed by atoms with Gasteiger partial charge in [-0.05, 0) is 48.8 Å². The summed E-state index contributed by atoms with van der Waals surface area (Å²) in [6, 6.07) is 6.38. The van der Waals surface area contributed by atoms with Crippen LogP contribution in [0.1, 0.15) is 6.42 Å². The Kier molecular flexibility index (Phi) is 7.72. The number of halogens is 2. The van der Waals surface area contributed by atoms with E-state index < -0.39 is 22.0 Å². The van der Waals surface area contributed by atoms with Crippen molar-refractivity contribution < 1.29 is 13.2 Å². The number of aromatic nitrogens is 1. The van der Waals surface area contributed by atoms with Gasteiger partial charge in [0.25, 0.3) is 0 Å². The van der Waals surface area contributed by atoms with Gasteiger partial charge in [0.1, 0.15) is 6.04 Å². The van der Waals surface area contributed by atoms with E-state index in [2.05, 4.69) is 15.0 Å². The van der Waals surface area contributed by atoms with Crippen LogP contribution in [0.3, 0.4) is 0 Å². The zero-order chi connectivity index (χ0) is 19.2. The van der Waals surface area contributed by atoms with Crippen LogP contribution in [0.2, 0.25) is 10.0 Å². The van der Waals surface area contributed by atoms with Crippen molar-refractivity contribution in [2.24, 2.45) is 0 Å². The van der Waals surface area contributed by atoms with Gasteiger partial charge < -0.3 is 5.32 Å². The maximum Gasteiger partial charge on any atom is 0.242 e. The van der Waals surface area contributed by atoms with Crippen LogP contribution in [0.5, 0.6) is 0 Å². The SMILES string of the molecule is CSCCC(NS(=O)(=O)c1ccc(Cl)c(Cl)c1)C(=O)Nc1cccnc1. The third-order valence-electron chi connectivity index (χ3n) is 3.35. The lowest BCUT2D eigenvalue weighted by Crippen LogP contribution is -2.44. The van der Waals surface area contributed by atoms with Crippen LogP contribution in [0, 0.1) is 0 Å². The number of hydrogen-bond acceptors (Lipinski definition) is 5. The molecular weight excluding hydrogens is 417 g/mol. The molecule has 0 aliphatic rings. The summed E-state index contributed by atoms with van der Waals surface area (Å²) in [4.78, 5) is 16.4. The first-order valence-electron chi connectivity index (χ1n) is 7.50. The minimum atomic E-state index is -3.95. The minimum Gasteiger partial charge on any atom is -0.323 e. The van der Waals surface area contributed by atoms with Crippen LogP contribution < -0.4 is 10.0 Å². The van der Waals surface area contributed by atoms with Gasteiger partial charge in [0.15, 0.2) is 0 Å². The van der Waals surface area contributed by atoms with E-state index in [1.165, 1.54) is 36.2 Å². The number of carbonyl (C=O) groups is 1. The lowest BCUT2D eigenvalue weighted by Gasteiger charge is -2.18. The maximum absolute atomic E-state index is 12.6. The molecule has 0 saturated heterocycles. The number of pyridine rings is 1. The fraction of sp³-hybridized carbons (Fsp3) is 0.250. The Balaban J connectivity index is 2.20. The highest BCUT2D eigenvalue weighted by Crippen LogP contribution is 2.25. The second-order valence-corrected chi connectivity index (χ2v) is 8.78. The Hall–Kier alpha value is -1.32. The third kappa shape index (κ3) is 5.85. The lowest BCUT2D eigenvalue weighted by atomic mass is 10.2. The van der Waals surface area contributed by atoms with E-state index >= 15 is 0 Å². The zero-order valence-corrected chi connectivity index (χ0v) is 16.9. The summed E-state index contributed by atoms with van der Waals surface area (Å²) in [5, 5.41) is 3.03. The van der Waals surface area contributed by atoms with Gasteiger partial charge in [0.05, 0.1) is 26.8 Å². The number of nitrogens with zero attached hydrogens (tertiary/aromatic N) is 1. The predicted molar refractivity (Wildman–Crippen MR) is 106 cm³/mol. The molecule has 1 heterocycles. The first-order valence-corrected chi connectivity index (χ1v) is 11.1. The maximum atomic E-state index is 12.6. The first-order chi connectivity index (χ1) is 12.3. The average molecular weight is 434 g/mol. The monoisotopic (exact) mass is 433 g/mol. The summed E-state index contributed by atoms with van der Waals surface area (Å²) >= 11 is 13.2. The summed E-state index contributed by atoms with van der Waals surface area (Å²) in [5.74, 6) is 0.144. The molecule has 1 unspecified atom stereocenters. The van der Waals surface area contributed by atoms with Crippen molar-refractivity contribution in [1.82, 2.24) is 9.71 Å². The molecule has 2 aromatic rings. The van der Waals surface area contributed by atoms with Gasteiger partial charge in [-0.3, -0.25) is 9.78 Å². The van der Waals surface area contributed by atoms with Crippen molar-refractivity contribution >= 4 is 56.6 Å². The van der Waals surface area contributed by atoms with Crippen LogP contribution in [0.25, 0.3) is 0 Å². The molecule has 0 radical (unpaired) electrons. The minimum absolute atomic E-state index is 0.0600. The second-order valence-electron chi connectivity index (χ2n) is 5.26. The van der Waals surface area contributed by atoms with E-state index in [1.807, 2.05) is 6.26 Å². The quantitative estimate of drug-likeness (QED) is 0.665. The number of amides is 1. The van der Waals surface area contributed by atoms with E-state index in [9.17, 15) is 13.2 Å². The number of thioether (sulfide) groups is 1. The lowest BCUT2D eigenvalue weighted by molar-refractivity contribution is -0.117. The van der Waals surface area contributed by atoms with Crippen LogP contribution in [-0.2, 0) is 14.8 Å². The molecule has 26 heavy (non-hydrogen) atoms. The number of benzene rings is 1. The number of carbonyl (C=O) groups excluding carboxylic acids is 1. The van der Waals surface area contributed by atoms with Gasteiger partial charge in [0, 0.05) is 6.20 Å². The Morgan fingerprint density at radius 2 is 2.04 bits per heavy atom. The van der Waals surface area contributed by atoms with Gasteiger partial charge >= 0.3 is 0 Å². The Morgan fingerprint density at radius 1 is 1.27 bits per heavy atom. The summed E-state index contributed by atoms with van der Waals surface area (Å²) in [6.07, 6.45) is 5.27. The van der Waals surface area contributed by atoms with Crippen molar-refractivity contribution in [2.75, 3.05) is 17.3 Å². The molecule has 1 aromatic heterocycles. The van der Waals surface area contributed by atoms with Gasteiger partial charge in [0.2, 0.25) is 15.9 Å². The number of nitrogens with one attached hydrogen (secondary N) is 2. The highest BCUT2D eigenvalue weighted by Gasteiger charge is 2.26. The molecule has 2 rings (SSSR count). The Labute approximate surface area is 166 Å². The van der Waals surface area contributed by atoms with Gasteiger partial charge in [-0.15, -0.1) is 0 Å². The molecule has 0 saturated carbocycles. The summed E-state index contributed by atoms with van der Waals surface area (Å²) in [6.45, 7) is 0. The summed E-state index contributed by atoms with van der Waals surface area (Å²) < 4.78 is 27.7. The van der Waals surface area contributed by atoms with Crippen LogP contribution in [-0.4, -0.2) is 37.4 Å². The van der Waals surface area contributed by atoms with Crippen LogP contribution in [0.4, 0.5) is 5.69 Å². The second kappa shape index (κ2) is 9.57. The van der Waals surface area contributed by atoms with E-state index in [0.29, 0.717) is 17.9 Å². The molecule has 0 fully saturated rings. The molecule has 10 heteroatoms. The van der Waals surface area contributed by atoms with E-state index in [4.69, 9.17) is 23.2 Å². The molecule has 1 atom stereocenters. The zero-order valence-electron chi connectivity index (χ0n) is 13.8. The molecule has 2 N–H and O–H groups in total. The number of anilines is 1. The third-order valence-corrected chi connectivity index (χ3v) is 6.21. The highest BCUT2D eigenvalue weighted by molar-refractivity contribution is 7.98. The van der Waals surface area contributed by atoms with Crippen molar-refractivity contribution in [3.05, 3.63) is 52.8 Å². The van der Waals surface area contributed by atoms with Crippen molar-refractivity contribution in [2.45, 2.75) is 17.4 Å². The Morgan fingerprint density at radius 3 is 2.65 bits per heavy atom. The number of sulfonamides is 1. The van der Waals surface area contributed by atoms with Crippen molar-refractivity contribution in [1.29, 1.82) is 0 Å². The van der Waals surface area contributed by atoms with E-state index in [-0.39, 0.29) is 14.9 Å². The number of rotatable bonds is 8. The molecule has 1 aromatic carbocycles. The average Bonchev–Trinajstić information content (AvgIpc) is 2.61. The fourth-order valence-electron chi connectivity index (χ4n) is 2.04. The molecular formula is C16H17Cl2N3O3S2. The van der Waals surface area contributed by atoms with Crippen LogP contribution >= 0.6 is 35.0 Å². The van der Waals surface area contributed by atoms with Crippen LogP contribution in [0.15, 0.2) is 47.6 Å². The molecule has 0 aliphatic heterocycles. The molecule has 0 spiro atoms. The van der Waals surface area contributed by atoms with Crippen molar-refractivity contribution in [3.63, 3.8) is 0 Å². The molecule has 140 valence electrons. The molecule has 0 aliphatic carbocycles. The Bertz CT molecular complexity index is 864. The predicted octanol–water partition coefficient (Wildman–Crippen LogP) is 3.43. The smallest absolute Gasteiger partial charge is 0.242 e. The topological polar surface area (TPSA) is 88.2 Å². The molecule has 0 bridgehead atoms. The number of hydrogen-bond donors (Lipinski definition) is 2. The molecule has 6 nitrogen and oxygen atoms in total. The normalized spacial score (nSPS) is 12.6. The summed E-state index contributed by atoms with van der Waals surface area (Å²) in [5.41, 5.74) is 0.486. The molecule has 1 amide bonds. The van der Waals surface area contributed by atoms with Crippen molar-refractivity contribution in [3.8, 4) is 0 Å². The van der Waals surface area contributed by atoms with E-state index in [1.54, 1.807) is 18.3 Å². The van der Waals surface area contributed by atoms with Gasteiger partial charge in [-0.1, -0.05) is 23.2 Å². The van der Waals surface area contributed by atoms with E-state index in [0.717, 1.165) is 0 Å². The van der Waals surface area contributed by atoms with Gasteiger partial charge in [-0.2, -0.15) is 16.5 Å². The fourth-order valence-corrected chi connectivity index (χ4v) is 4.13. The largest absolute Gasteiger partial charge is 0.323 e. The standard InChI is InChI=1S/C16H17Cl2N3O3S2/c1-25-8-6-15(16(22)20-11-3-2-7-19-10-11)21-26(23,24)12-4-5-13(17)14(18)9-12/h2-5,7,9-10,15,21H,6,8H2,1H3,(H,20,22).